The normalized spacial score (nSPS) is 21.0. The molecule has 116 valence electrons. The van der Waals surface area contributed by atoms with E-state index < -0.39 is 0 Å². The summed E-state index contributed by atoms with van der Waals surface area (Å²) >= 11 is 0. The summed E-state index contributed by atoms with van der Waals surface area (Å²) in [4.78, 5) is 9.46. The van der Waals surface area contributed by atoms with E-state index in [0.29, 0.717) is 5.92 Å². The van der Waals surface area contributed by atoms with Crippen molar-refractivity contribution in [2.45, 2.75) is 31.7 Å². The van der Waals surface area contributed by atoms with Crippen molar-refractivity contribution >= 4 is 5.69 Å². The molecule has 1 aromatic heterocycles. The van der Waals surface area contributed by atoms with Crippen molar-refractivity contribution < 1.29 is 4.52 Å². The monoisotopic (exact) mass is 298 g/mol. The molecule has 0 spiro atoms. The number of para-hydroxylation sites is 1. The molecule has 1 saturated carbocycles. The van der Waals surface area contributed by atoms with E-state index in [1.807, 2.05) is 0 Å². The zero-order valence-corrected chi connectivity index (χ0v) is 13.0. The Hall–Kier alpha value is -1.88. The summed E-state index contributed by atoms with van der Waals surface area (Å²) in [5.41, 5.74) is 1.31. The van der Waals surface area contributed by atoms with Crippen LogP contribution in [0.1, 0.15) is 43.4 Å². The van der Waals surface area contributed by atoms with Gasteiger partial charge in [-0.2, -0.15) is 4.98 Å². The molecule has 5 heteroatoms. The maximum absolute atomic E-state index is 5.48. The maximum Gasteiger partial charge on any atom is 0.243 e. The summed E-state index contributed by atoms with van der Waals surface area (Å²) in [6.07, 6.45) is 2.42. The van der Waals surface area contributed by atoms with Crippen molar-refractivity contribution in [1.82, 2.24) is 15.0 Å². The molecule has 1 aliphatic heterocycles. The smallest absolute Gasteiger partial charge is 0.243 e. The van der Waals surface area contributed by atoms with E-state index in [1.54, 1.807) is 0 Å². The Bertz CT molecular complexity index is 615. The average Bonchev–Trinajstić information content (AvgIpc) is 3.32. The highest BCUT2D eigenvalue weighted by Crippen LogP contribution is 2.38. The Morgan fingerprint density at radius 1 is 1.09 bits per heavy atom. The fraction of sp³-hybridized carbons (Fsp3) is 0.529. The molecule has 2 fully saturated rings. The fourth-order valence-electron chi connectivity index (χ4n) is 3.09. The van der Waals surface area contributed by atoms with Crippen LogP contribution in [0.25, 0.3) is 0 Å². The number of rotatable bonds is 4. The summed E-state index contributed by atoms with van der Waals surface area (Å²) in [6, 6.07) is 10.8. The van der Waals surface area contributed by atoms with Crippen LogP contribution in [-0.4, -0.2) is 41.2 Å². The highest BCUT2D eigenvalue weighted by Gasteiger charge is 2.31. The van der Waals surface area contributed by atoms with Gasteiger partial charge in [0.1, 0.15) is 0 Å². The molecule has 0 radical (unpaired) electrons. The predicted molar refractivity (Wildman–Crippen MR) is 84.9 cm³/mol. The van der Waals surface area contributed by atoms with Crippen LogP contribution in [0.2, 0.25) is 0 Å². The minimum Gasteiger partial charge on any atom is -0.369 e. The van der Waals surface area contributed by atoms with Gasteiger partial charge in [0.2, 0.25) is 5.89 Å². The molecule has 2 aliphatic rings. The Kier molecular flexibility index (Phi) is 3.58. The van der Waals surface area contributed by atoms with Crippen LogP contribution in [-0.2, 0) is 0 Å². The first-order chi connectivity index (χ1) is 10.8. The van der Waals surface area contributed by atoms with E-state index in [0.717, 1.165) is 37.9 Å². The second-order valence-corrected chi connectivity index (χ2v) is 6.30. The number of benzene rings is 1. The Labute approximate surface area is 130 Å². The fourth-order valence-corrected chi connectivity index (χ4v) is 3.09. The summed E-state index contributed by atoms with van der Waals surface area (Å²) in [7, 11) is 0. The van der Waals surface area contributed by atoms with Crippen molar-refractivity contribution in [3.05, 3.63) is 42.0 Å². The van der Waals surface area contributed by atoms with Gasteiger partial charge in [0.05, 0.1) is 6.04 Å². The summed E-state index contributed by atoms with van der Waals surface area (Å²) < 4.78 is 5.48. The molecule has 22 heavy (non-hydrogen) atoms. The first-order valence-corrected chi connectivity index (χ1v) is 8.19. The standard InChI is InChI=1S/C17H22N4O/c1-13(17-18-16(19-22-17)14-7-8-14)20-9-11-21(12-10-20)15-5-3-2-4-6-15/h2-6,13-14H,7-12H2,1H3/t13-/m1/s1. The van der Waals surface area contributed by atoms with Gasteiger partial charge in [0.25, 0.3) is 0 Å². The predicted octanol–water partition coefficient (Wildman–Crippen LogP) is 2.83. The molecule has 4 rings (SSSR count). The highest BCUT2D eigenvalue weighted by atomic mass is 16.5. The molecule has 0 N–H and O–H groups in total. The minimum atomic E-state index is 0.206. The number of hydrogen-bond acceptors (Lipinski definition) is 5. The van der Waals surface area contributed by atoms with Gasteiger partial charge in [-0.3, -0.25) is 4.90 Å². The average molecular weight is 298 g/mol. The van der Waals surface area contributed by atoms with E-state index >= 15 is 0 Å². The molecule has 0 bridgehead atoms. The molecule has 1 atom stereocenters. The van der Waals surface area contributed by atoms with Crippen molar-refractivity contribution in [2.75, 3.05) is 31.1 Å². The minimum absolute atomic E-state index is 0.206. The molecule has 1 saturated heterocycles. The molecular formula is C17H22N4O. The second-order valence-electron chi connectivity index (χ2n) is 6.30. The Balaban J connectivity index is 1.38. The summed E-state index contributed by atoms with van der Waals surface area (Å²) in [5.74, 6) is 2.24. The van der Waals surface area contributed by atoms with E-state index in [2.05, 4.69) is 57.2 Å². The van der Waals surface area contributed by atoms with Crippen molar-refractivity contribution in [2.24, 2.45) is 0 Å². The van der Waals surface area contributed by atoms with Crippen molar-refractivity contribution in [3.63, 3.8) is 0 Å². The van der Waals surface area contributed by atoms with Crippen LogP contribution in [0.3, 0.4) is 0 Å². The van der Waals surface area contributed by atoms with Gasteiger partial charge in [-0.25, -0.2) is 0 Å². The van der Waals surface area contributed by atoms with E-state index in [4.69, 9.17) is 4.52 Å². The van der Waals surface area contributed by atoms with Crippen LogP contribution < -0.4 is 4.90 Å². The number of anilines is 1. The van der Waals surface area contributed by atoms with Crippen molar-refractivity contribution in [1.29, 1.82) is 0 Å². The number of nitrogens with zero attached hydrogens (tertiary/aromatic N) is 4. The molecule has 0 unspecified atom stereocenters. The maximum atomic E-state index is 5.48. The van der Waals surface area contributed by atoms with E-state index in [-0.39, 0.29) is 6.04 Å². The van der Waals surface area contributed by atoms with Gasteiger partial charge in [0, 0.05) is 37.8 Å². The number of aromatic nitrogens is 2. The molecule has 0 amide bonds. The highest BCUT2D eigenvalue weighted by molar-refractivity contribution is 5.46. The lowest BCUT2D eigenvalue weighted by molar-refractivity contribution is 0.164. The third-order valence-corrected chi connectivity index (χ3v) is 4.74. The zero-order valence-electron chi connectivity index (χ0n) is 13.0. The van der Waals surface area contributed by atoms with E-state index in [1.165, 1.54) is 18.5 Å². The molecule has 1 aliphatic carbocycles. The lowest BCUT2D eigenvalue weighted by Gasteiger charge is -2.38. The summed E-state index contributed by atoms with van der Waals surface area (Å²) in [5, 5.41) is 4.13. The van der Waals surface area contributed by atoms with Gasteiger partial charge in [0.15, 0.2) is 5.82 Å². The van der Waals surface area contributed by atoms with Gasteiger partial charge in [-0.15, -0.1) is 0 Å². The third kappa shape index (κ3) is 2.73. The number of piperazine rings is 1. The van der Waals surface area contributed by atoms with Crippen LogP contribution in [0.15, 0.2) is 34.9 Å². The van der Waals surface area contributed by atoms with Crippen LogP contribution >= 0.6 is 0 Å². The largest absolute Gasteiger partial charge is 0.369 e. The molecule has 1 aromatic carbocycles. The van der Waals surface area contributed by atoms with Gasteiger partial charge >= 0.3 is 0 Å². The third-order valence-electron chi connectivity index (χ3n) is 4.74. The molecule has 2 aromatic rings. The van der Waals surface area contributed by atoms with Crippen LogP contribution in [0, 0.1) is 0 Å². The van der Waals surface area contributed by atoms with Gasteiger partial charge < -0.3 is 9.42 Å². The Morgan fingerprint density at radius 2 is 1.82 bits per heavy atom. The van der Waals surface area contributed by atoms with Gasteiger partial charge in [-0.1, -0.05) is 23.4 Å². The number of hydrogen-bond donors (Lipinski definition) is 0. The molecule has 2 heterocycles. The van der Waals surface area contributed by atoms with Crippen LogP contribution in [0.5, 0.6) is 0 Å². The Morgan fingerprint density at radius 3 is 2.50 bits per heavy atom. The van der Waals surface area contributed by atoms with Crippen LogP contribution in [0.4, 0.5) is 5.69 Å². The van der Waals surface area contributed by atoms with Gasteiger partial charge in [-0.05, 0) is 31.9 Å². The lowest BCUT2D eigenvalue weighted by atomic mass is 10.2. The zero-order chi connectivity index (χ0) is 14.9. The van der Waals surface area contributed by atoms with E-state index in [9.17, 15) is 0 Å². The second kappa shape index (κ2) is 5.72. The first-order valence-electron chi connectivity index (χ1n) is 8.19. The quantitative estimate of drug-likeness (QED) is 0.868. The molecule has 5 nitrogen and oxygen atoms in total. The topological polar surface area (TPSA) is 45.4 Å². The molecular weight excluding hydrogens is 276 g/mol. The summed E-state index contributed by atoms with van der Waals surface area (Å²) in [6.45, 7) is 6.30. The lowest BCUT2D eigenvalue weighted by Crippen LogP contribution is -2.47. The first kappa shape index (κ1) is 13.8. The SMILES string of the molecule is C[C@H](c1nc(C2CC2)no1)N1CCN(c2ccccc2)CC1. The van der Waals surface area contributed by atoms with Crippen molar-refractivity contribution in [3.8, 4) is 0 Å².